The van der Waals surface area contributed by atoms with E-state index in [2.05, 4.69) is 9.97 Å². The zero-order chi connectivity index (χ0) is 20.5. The minimum atomic E-state index is -0.0450. The van der Waals surface area contributed by atoms with Crippen molar-refractivity contribution in [3.8, 4) is 22.1 Å². The van der Waals surface area contributed by atoms with Gasteiger partial charge in [0.25, 0.3) is 5.56 Å². The summed E-state index contributed by atoms with van der Waals surface area (Å²) >= 11 is 3.01. The summed E-state index contributed by atoms with van der Waals surface area (Å²) in [6.45, 7) is 1.96. The van der Waals surface area contributed by atoms with Gasteiger partial charge in [-0.3, -0.25) is 9.36 Å². The van der Waals surface area contributed by atoms with Crippen LogP contribution in [-0.4, -0.2) is 26.8 Å². The molecular formula is C21H19N3O3S2. The van der Waals surface area contributed by atoms with Crippen molar-refractivity contribution in [1.82, 2.24) is 14.5 Å². The van der Waals surface area contributed by atoms with Crippen LogP contribution in [0.15, 0.2) is 51.7 Å². The molecule has 0 aliphatic heterocycles. The zero-order valence-corrected chi connectivity index (χ0v) is 17.8. The highest BCUT2D eigenvalue weighted by molar-refractivity contribution is 7.98. The normalized spacial score (nSPS) is 11.1. The van der Waals surface area contributed by atoms with Crippen LogP contribution in [0.4, 0.5) is 0 Å². The molecule has 2 heterocycles. The van der Waals surface area contributed by atoms with Gasteiger partial charge in [0.1, 0.15) is 5.01 Å². The monoisotopic (exact) mass is 425 g/mol. The van der Waals surface area contributed by atoms with E-state index in [1.807, 2.05) is 36.6 Å². The molecule has 0 radical (unpaired) electrons. The van der Waals surface area contributed by atoms with Gasteiger partial charge in [0.05, 0.1) is 23.7 Å². The molecule has 2 aromatic heterocycles. The molecule has 0 spiro atoms. The summed E-state index contributed by atoms with van der Waals surface area (Å²) in [5.41, 5.74) is 3.48. The minimum absolute atomic E-state index is 0.0450. The third-order valence-corrected chi connectivity index (χ3v) is 6.52. The molecule has 148 valence electrons. The standard InChI is InChI=1S/C21H19N3O3S2/c1-12-4-6-16-15(8-12)20(26)24(2)21(23-16)29-11-14-10-28-19(22-14)13-5-7-17(25)18(9-13)27-3/h4-10,25H,11H2,1-3H3. The van der Waals surface area contributed by atoms with Crippen LogP contribution < -0.4 is 10.3 Å². The lowest BCUT2D eigenvalue weighted by atomic mass is 10.2. The van der Waals surface area contributed by atoms with E-state index in [4.69, 9.17) is 4.74 Å². The second kappa shape index (κ2) is 7.88. The van der Waals surface area contributed by atoms with Crippen LogP contribution in [0.5, 0.6) is 11.5 Å². The van der Waals surface area contributed by atoms with E-state index in [1.54, 1.807) is 23.7 Å². The third-order valence-electron chi connectivity index (χ3n) is 4.52. The number of ether oxygens (including phenoxy) is 1. The first-order valence-corrected chi connectivity index (χ1v) is 10.7. The largest absolute Gasteiger partial charge is 0.504 e. The molecule has 0 aliphatic rings. The van der Waals surface area contributed by atoms with E-state index in [-0.39, 0.29) is 11.3 Å². The SMILES string of the molecule is COc1cc(-c2nc(CSc3nc4ccc(C)cc4c(=O)n3C)cs2)ccc1O. The Balaban J connectivity index is 1.57. The highest BCUT2D eigenvalue weighted by Gasteiger charge is 2.12. The van der Waals surface area contributed by atoms with Crippen molar-refractivity contribution in [1.29, 1.82) is 0 Å². The molecule has 0 atom stereocenters. The topological polar surface area (TPSA) is 77.2 Å². The summed E-state index contributed by atoms with van der Waals surface area (Å²) in [7, 11) is 3.26. The molecule has 29 heavy (non-hydrogen) atoms. The summed E-state index contributed by atoms with van der Waals surface area (Å²) in [5, 5.41) is 13.9. The average molecular weight is 426 g/mol. The number of aromatic hydroxyl groups is 1. The Bertz CT molecular complexity index is 1260. The summed E-state index contributed by atoms with van der Waals surface area (Å²) in [6.07, 6.45) is 0. The highest BCUT2D eigenvalue weighted by Crippen LogP contribution is 2.33. The van der Waals surface area contributed by atoms with Gasteiger partial charge in [-0.1, -0.05) is 23.4 Å². The van der Waals surface area contributed by atoms with Crippen molar-refractivity contribution in [2.45, 2.75) is 17.8 Å². The van der Waals surface area contributed by atoms with Crippen molar-refractivity contribution in [2.24, 2.45) is 7.05 Å². The molecule has 6 nitrogen and oxygen atoms in total. The molecule has 4 aromatic rings. The number of benzene rings is 2. The quantitative estimate of drug-likeness (QED) is 0.378. The second-order valence-electron chi connectivity index (χ2n) is 6.60. The van der Waals surface area contributed by atoms with Crippen molar-refractivity contribution >= 4 is 34.0 Å². The maximum atomic E-state index is 12.7. The summed E-state index contributed by atoms with van der Waals surface area (Å²) in [4.78, 5) is 22.0. The smallest absolute Gasteiger partial charge is 0.261 e. The molecule has 0 saturated carbocycles. The van der Waals surface area contributed by atoms with Crippen LogP contribution in [0.3, 0.4) is 0 Å². The van der Waals surface area contributed by atoms with Crippen molar-refractivity contribution in [2.75, 3.05) is 7.11 Å². The Hall–Kier alpha value is -2.84. The minimum Gasteiger partial charge on any atom is -0.504 e. The number of methoxy groups -OCH3 is 1. The molecule has 2 aromatic carbocycles. The Morgan fingerprint density at radius 1 is 1.21 bits per heavy atom. The van der Waals surface area contributed by atoms with Gasteiger partial charge in [-0.05, 0) is 37.3 Å². The second-order valence-corrected chi connectivity index (χ2v) is 8.40. The van der Waals surface area contributed by atoms with Gasteiger partial charge in [0.15, 0.2) is 16.7 Å². The van der Waals surface area contributed by atoms with E-state index >= 15 is 0 Å². The summed E-state index contributed by atoms with van der Waals surface area (Å²) in [6, 6.07) is 10.9. The first-order chi connectivity index (χ1) is 14.0. The molecule has 4 rings (SSSR count). The molecule has 0 bridgehead atoms. The number of hydrogen-bond acceptors (Lipinski definition) is 7. The van der Waals surface area contributed by atoms with E-state index in [9.17, 15) is 9.90 Å². The van der Waals surface area contributed by atoms with Gasteiger partial charge < -0.3 is 9.84 Å². The molecule has 0 saturated heterocycles. The van der Waals surface area contributed by atoms with Gasteiger partial charge in [-0.25, -0.2) is 9.97 Å². The molecule has 0 aliphatic carbocycles. The fraction of sp³-hybridized carbons (Fsp3) is 0.190. The van der Waals surface area contributed by atoms with E-state index in [1.165, 1.54) is 30.2 Å². The number of rotatable bonds is 5. The Morgan fingerprint density at radius 3 is 2.83 bits per heavy atom. The number of nitrogens with zero attached hydrogens (tertiary/aromatic N) is 3. The third kappa shape index (κ3) is 3.86. The molecule has 0 unspecified atom stereocenters. The number of phenolic OH excluding ortho intramolecular Hbond substituents is 1. The highest BCUT2D eigenvalue weighted by atomic mass is 32.2. The number of hydrogen-bond donors (Lipinski definition) is 1. The van der Waals surface area contributed by atoms with Crippen LogP contribution >= 0.6 is 23.1 Å². The van der Waals surface area contributed by atoms with E-state index < -0.39 is 0 Å². The number of fused-ring (bicyclic) bond motifs is 1. The van der Waals surface area contributed by atoms with Gasteiger partial charge in [-0.2, -0.15) is 0 Å². The van der Waals surface area contributed by atoms with E-state index in [0.29, 0.717) is 27.6 Å². The van der Waals surface area contributed by atoms with Crippen LogP contribution in [0.25, 0.3) is 21.5 Å². The molecule has 1 N–H and O–H groups in total. The van der Waals surface area contributed by atoms with Crippen molar-refractivity contribution < 1.29 is 9.84 Å². The molecule has 8 heteroatoms. The van der Waals surface area contributed by atoms with Crippen LogP contribution in [-0.2, 0) is 12.8 Å². The number of phenols is 1. The van der Waals surface area contributed by atoms with Crippen LogP contribution in [0.1, 0.15) is 11.3 Å². The van der Waals surface area contributed by atoms with Crippen molar-refractivity contribution in [3.63, 3.8) is 0 Å². The maximum Gasteiger partial charge on any atom is 0.261 e. The van der Waals surface area contributed by atoms with Crippen LogP contribution in [0.2, 0.25) is 0 Å². The Morgan fingerprint density at radius 2 is 2.03 bits per heavy atom. The summed E-state index contributed by atoms with van der Waals surface area (Å²) in [5.74, 6) is 1.12. The number of aryl methyl sites for hydroxylation is 1. The lowest BCUT2D eigenvalue weighted by Crippen LogP contribution is -2.20. The lowest BCUT2D eigenvalue weighted by molar-refractivity contribution is 0.373. The fourth-order valence-electron chi connectivity index (χ4n) is 2.95. The Kier molecular flexibility index (Phi) is 5.29. The first kappa shape index (κ1) is 19.5. The molecular weight excluding hydrogens is 406 g/mol. The van der Waals surface area contributed by atoms with Gasteiger partial charge in [0.2, 0.25) is 0 Å². The maximum absolute atomic E-state index is 12.7. The van der Waals surface area contributed by atoms with E-state index in [0.717, 1.165) is 21.8 Å². The first-order valence-electron chi connectivity index (χ1n) is 8.88. The number of aromatic nitrogens is 3. The molecule has 0 amide bonds. The summed E-state index contributed by atoms with van der Waals surface area (Å²) < 4.78 is 6.76. The zero-order valence-electron chi connectivity index (χ0n) is 16.2. The number of thioether (sulfide) groups is 1. The van der Waals surface area contributed by atoms with Gasteiger partial charge >= 0.3 is 0 Å². The van der Waals surface area contributed by atoms with Crippen molar-refractivity contribution in [3.05, 3.63) is 63.4 Å². The predicted molar refractivity (Wildman–Crippen MR) is 117 cm³/mol. The molecule has 0 fully saturated rings. The number of thiazole rings is 1. The van der Waals surface area contributed by atoms with Gasteiger partial charge in [0, 0.05) is 23.7 Å². The predicted octanol–water partition coefficient (Wildman–Crippen LogP) is 4.37. The van der Waals surface area contributed by atoms with Crippen LogP contribution in [0, 0.1) is 6.92 Å². The fourth-order valence-corrected chi connectivity index (χ4v) is 4.73. The van der Waals surface area contributed by atoms with Gasteiger partial charge in [-0.15, -0.1) is 11.3 Å². The Labute approximate surface area is 175 Å². The average Bonchev–Trinajstić information content (AvgIpc) is 3.19. The lowest BCUT2D eigenvalue weighted by Gasteiger charge is -2.08.